The van der Waals surface area contributed by atoms with Gasteiger partial charge in [0, 0.05) is 29.4 Å². The average molecular weight is 438 g/mol. The topological polar surface area (TPSA) is 72.3 Å². The molecule has 1 aromatic heterocycles. The van der Waals surface area contributed by atoms with Crippen LogP contribution in [0.3, 0.4) is 0 Å². The number of aromatic nitrogens is 2. The Bertz CT molecular complexity index is 1240. The minimum absolute atomic E-state index is 0.0299. The number of carbonyl (C=O) groups is 2. The number of aryl methyl sites for hydroxylation is 1. The van der Waals surface area contributed by atoms with E-state index in [1.165, 1.54) is 9.58 Å². The quantitative estimate of drug-likeness (QED) is 0.621. The summed E-state index contributed by atoms with van der Waals surface area (Å²) < 4.78 is 1.18. The molecule has 4 rings (SSSR count). The number of rotatable bonds is 4. The molecule has 0 spiro atoms. The van der Waals surface area contributed by atoms with Crippen LogP contribution in [0.1, 0.15) is 36.9 Å². The molecular weight excluding hydrogens is 414 g/mol. The first-order valence-electron chi connectivity index (χ1n) is 10.4. The average Bonchev–Trinajstić information content (AvgIpc) is 2.78. The molecule has 1 heterocycles. The first-order valence-corrected chi connectivity index (χ1v) is 10.8. The van der Waals surface area contributed by atoms with E-state index in [0.717, 1.165) is 18.2 Å². The molecule has 3 aromatic rings. The van der Waals surface area contributed by atoms with Crippen LogP contribution in [0.5, 0.6) is 0 Å². The minimum Gasteiger partial charge on any atom is -0.327 e. The number of carbonyl (C=O) groups excluding carboxylic acids is 2. The Morgan fingerprint density at radius 2 is 1.77 bits per heavy atom. The third-order valence-corrected chi connectivity index (χ3v) is 6.59. The number of hydrogen-bond acceptors (Lipinski definition) is 4. The molecule has 0 N–H and O–H groups in total. The third kappa shape index (κ3) is 3.55. The van der Waals surface area contributed by atoms with Crippen molar-refractivity contribution in [3.05, 3.63) is 75.2 Å². The normalized spacial score (nSPS) is 18.9. The van der Waals surface area contributed by atoms with Crippen LogP contribution in [-0.4, -0.2) is 33.4 Å². The Labute approximate surface area is 185 Å². The van der Waals surface area contributed by atoms with Gasteiger partial charge < -0.3 is 4.90 Å². The smallest absolute Gasteiger partial charge is 0.275 e. The van der Waals surface area contributed by atoms with Gasteiger partial charge in [0.25, 0.3) is 5.56 Å². The highest BCUT2D eigenvalue weighted by Crippen LogP contribution is 2.42. The first kappa shape index (κ1) is 21.2. The van der Waals surface area contributed by atoms with Gasteiger partial charge in [-0.15, -0.1) is 0 Å². The molecule has 1 aliphatic rings. The van der Waals surface area contributed by atoms with E-state index in [2.05, 4.69) is 5.10 Å². The summed E-state index contributed by atoms with van der Waals surface area (Å²) >= 11 is 6.47. The molecular formula is C24H24ClN3O3. The van der Waals surface area contributed by atoms with Gasteiger partial charge in [-0.2, -0.15) is 5.10 Å². The molecule has 7 heteroatoms. The molecule has 0 bridgehead atoms. The lowest BCUT2D eigenvalue weighted by molar-refractivity contribution is -0.148. The molecule has 1 unspecified atom stereocenters. The van der Waals surface area contributed by atoms with Gasteiger partial charge in [0.15, 0.2) is 5.78 Å². The summed E-state index contributed by atoms with van der Waals surface area (Å²) in [4.78, 5) is 41.0. The summed E-state index contributed by atoms with van der Waals surface area (Å²) in [6, 6.07) is 14.4. The van der Waals surface area contributed by atoms with E-state index in [0.29, 0.717) is 34.5 Å². The van der Waals surface area contributed by atoms with Gasteiger partial charge in [-0.3, -0.25) is 14.4 Å². The molecule has 160 valence electrons. The number of halogens is 1. The predicted octanol–water partition coefficient (Wildman–Crippen LogP) is 3.86. The van der Waals surface area contributed by atoms with Crippen LogP contribution in [0.25, 0.3) is 10.8 Å². The molecule has 0 radical (unpaired) electrons. The van der Waals surface area contributed by atoms with Crippen molar-refractivity contribution in [1.29, 1.82) is 0 Å². The number of fused-ring (bicyclic) bond motifs is 1. The van der Waals surface area contributed by atoms with Crippen LogP contribution < -0.4 is 5.56 Å². The van der Waals surface area contributed by atoms with E-state index >= 15 is 0 Å². The minimum atomic E-state index is -1.14. The molecule has 1 amide bonds. The largest absolute Gasteiger partial charge is 0.327 e. The Balaban J connectivity index is 1.75. The zero-order chi connectivity index (χ0) is 22.2. The Kier molecular flexibility index (Phi) is 5.67. The second kappa shape index (κ2) is 8.27. The lowest BCUT2D eigenvalue weighted by atomic mass is 9.74. The standard InChI is InChI=1S/C24H24ClN3O3/c1-16-17-9-3-4-10-18(17)23(31)28(26-16)15-22(30)27(2)24(14-8-7-13-21(24)29)19-11-5-6-12-20(19)25/h3-6,9-12H,7-8,13-15H2,1-2H3. The summed E-state index contributed by atoms with van der Waals surface area (Å²) in [6.07, 6.45) is 2.48. The number of likely N-dealkylation sites (N-methyl/N-ethyl adjacent to an activating group) is 1. The number of nitrogens with zero attached hydrogens (tertiary/aromatic N) is 3. The molecule has 1 aliphatic carbocycles. The summed E-state index contributed by atoms with van der Waals surface area (Å²) in [5.41, 5.74) is -0.166. The monoisotopic (exact) mass is 437 g/mol. The number of hydrogen-bond donors (Lipinski definition) is 0. The fraction of sp³-hybridized carbons (Fsp3) is 0.333. The number of ketones is 1. The molecule has 0 saturated heterocycles. The van der Waals surface area contributed by atoms with Gasteiger partial charge in [0.1, 0.15) is 12.1 Å². The van der Waals surface area contributed by atoms with E-state index < -0.39 is 5.54 Å². The summed E-state index contributed by atoms with van der Waals surface area (Å²) in [6.45, 7) is 1.56. The van der Waals surface area contributed by atoms with E-state index in [1.54, 1.807) is 37.4 Å². The molecule has 6 nitrogen and oxygen atoms in total. The Hall–Kier alpha value is -2.99. The lowest BCUT2D eigenvalue weighted by Gasteiger charge is -2.44. The van der Waals surface area contributed by atoms with Crippen LogP contribution in [0.2, 0.25) is 5.02 Å². The fourth-order valence-electron chi connectivity index (χ4n) is 4.59. The molecule has 0 aliphatic heterocycles. The first-order chi connectivity index (χ1) is 14.9. The van der Waals surface area contributed by atoms with Crippen molar-refractivity contribution in [3.8, 4) is 0 Å². The van der Waals surface area contributed by atoms with Crippen LogP contribution in [-0.2, 0) is 21.7 Å². The van der Waals surface area contributed by atoms with E-state index in [9.17, 15) is 14.4 Å². The maximum atomic E-state index is 13.4. The molecule has 1 fully saturated rings. The lowest BCUT2D eigenvalue weighted by Crippen LogP contribution is -2.55. The molecule has 1 atom stereocenters. The van der Waals surface area contributed by atoms with Crippen molar-refractivity contribution in [1.82, 2.24) is 14.7 Å². The number of Topliss-reactive ketones (excluding diaryl/α,β-unsaturated/α-hetero) is 1. The van der Waals surface area contributed by atoms with Crippen LogP contribution in [0.4, 0.5) is 0 Å². The van der Waals surface area contributed by atoms with Gasteiger partial charge in [-0.1, -0.05) is 48.0 Å². The second-order valence-corrected chi connectivity index (χ2v) is 8.42. The Morgan fingerprint density at radius 3 is 2.48 bits per heavy atom. The highest BCUT2D eigenvalue weighted by molar-refractivity contribution is 6.31. The fourth-order valence-corrected chi connectivity index (χ4v) is 4.88. The van der Waals surface area contributed by atoms with Crippen molar-refractivity contribution in [2.45, 2.75) is 44.7 Å². The maximum Gasteiger partial charge on any atom is 0.275 e. The summed E-state index contributed by atoms with van der Waals surface area (Å²) in [5.74, 6) is -0.392. The molecule has 31 heavy (non-hydrogen) atoms. The molecule has 1 saturated carbocycles. The summed E-state index contributed by atoms with van der Waals surface area (Å²) in [7, 11) is 1.62. The van der Waals surface area contributed by atoms with E-state index in [1.807, 2.05) is 25.1 Å². The molecule has 2 aromatic carbocycles. The zero-order valence-corrected chi connectivity index (χ0v) is 18.4. The van der Waals surface area contributed by atoms with Gasteiger partial charge in [-0.25, -0.2) is 4.68 Å². The zero-order valence-electron chi connectivity index (χ0n) is 17.6. The predicted molar refractivity (Wildman–Crippen MR) is 120 cm³/mol. The van der Waals surface area contributed by atoms with E-state index in [-0.39, 0.29) is 23.8 Å². The van der Waals surface area contributed by atoms with Gasteiger partial charge in [0.2, 0.25) is 5.91 Å². The van der Waals surface area contributed by atoms with Crippen molar-refractivity contribution < 1.29 is 9.59 Å². The van der Waals surface area contributed by atoms with Gasteiger partial charge >= 0.3 is 0 Å². The second-order valence-electron chi connectivity index (χ2n) is 8.02. The SMILES string of the molecule is Cc1nn(CC(=O)N(C)C2(c3ccccc3Cl)CCCCC2=O)c(=O)c2ccccc12. The van der Waals surface area contributed by atoms with Crippen molar-refractivity contribution in [2.75, 3.05) is 7.05 Å². The van der Waals surface area contributed by atoms with Crippen molar-refractivity contribution >= 4 is 34.1 Å². The van der Waals surface area contributed by atoms with Crippen molar-refractivity contribution in [2.24, 2.45) is 0 Å². The van der Waals surface area contributed by atoms with Crippen LogP contribution >= 0.6 is 11.6 Å². The Morgan fingerprint density at radius 1 is 1.10 bits per heavy atom. The van der Waals surface area contributed by atoms with Crippen LogP contribution in [0.15, 0.2) is 53.3 Å². The van der Waals surface area contributed by atoms with E-state index in [4.69, 9.17) is 11.6 Å². The highest BCUT2D eigenvalue weighted by atomic mass is 35.5. The maximum absolute atomic E-state index is 13.4. The highest BCUT2D eigenvalue weighted by Gasteiger charge is 2.47. The van der Waals surface area contributed by atoms with Gasteiger partial charge in [-0.05, 0) is 38.3 Å². The number of amides is 1. The van der Waals surface area contributed by atoms with Crippen molar-refractivity contribution in [3.63, 3.8) is 0 Å². The van der Waals surface area contributed by atoms with Gasteiger partial charge in [0.05, 0.1) is 11.1 Å². The number of benzene rings is 2. The summed E-state index contributed by atoms with van der Waals surface area (Å²) in [5, 5.41) is 6.08. The third-order valence-electron chi connectivity index (χ3n) is 6.26. The van der Waals surface area contributed by atoms with Crippen LogP contribution in [0, 0.1) is 6.92 Å².